The molecule has 0 amide bonds. The maximum Gasteiger partial charge on any atom is 0.139 e. The van der Waals surface area contributed by atoms with Crippen molar-refractivity contribution in [3.8, 4) is 30.6 Å². The maximum absolute atomic E-state index is 14.4. The van der Waals surface area contributed by atoms with Crippen LogP contribution in [0.25, 0.3) is 51.1 Å². The third-order valence-corrected chi connectivity index (χ3v) is 10.8. The van der Waals surface area contributed by atoms with Gasteiger partial charge in [0.1, 0.15) is 22.7 Å². The topological polar surface area (TPSA) is 51.6 Å². The van der Waals surface area contributed by atoms with Crippen LogP contribution < -0.4 is 0 Å². The highest BCUT2D eigenvalue weighted by atomic mass is 79.9. The van der Waals surface area contributed by atoms with Gasteiger partial charge in [0, 0.05) is 30.6 Å². The van der Waals surface area contributed by atoms with Gasteiger partial charge in [0.05, 0.1) is 18.3 Å². The van der Waals surface area contributed by atoms with Gasteiger partial charge in [-0.3, -0.25) is 0 Å². The quantitative estimate of drug-likeness (QED) is 0.197. The SMILES string of the molecule is Fc1cc(-c2ccc(-c3ccc(-c4cc(F)c(Br)c5snnc45)s3)s2)c2nnsc2c1Br. The molecule has 0 fully saturated rings. The number of fused-ring (bicyclic) bond motifs is 2. The van der Waals surface area contributed by atoms with Gasteiger partial charge in [-0.1, -0.05) is 8.98 Å². The summed E-state index contributed by atoms with van der Waals surface area (Å²) >= 11 is 12.0. The molecule has 2 aromatic carbocycles. The molecule has 0 aliphatic rings. The normalized spacial score (nSPS) is 11.8. The lowest BCUT2D eigenvalue weighted by molar-refractivity contribution is 0.623. The van der Waals surface area contributed by atoms with Crippen molar-refractivity contribution in [1.29, 1.82) is 0 Å². The van der Waals surface area contributed by atoms with E-state index < -0.39 is 0 Å². The zero-order chi connectivity index (χ0) is 22.0. The molecule has 0 saturated heterocycles. The Balaban J connectivity index is 1.42. The van der Waals surface area contributed by atoms with Crippen LogP contribution in [0.5, 0.6) is 0 Å². The van der Waals surface area contributed by atoms with Crippen LogP contribution in [0.2, 0.25) is 0 Å². The fourth-order valence-corrected chi connectivity index (χ4v) is 7.77. The molecule has 0 aliphatic carbocycles. The molecule has 4 aromatic heterocycles. The van der Waals surface area contributed by atoms with Crippen molar-refractivity contribution < 1.29 is 8.78 Å². The predicted molar refractivity (Wildman–Crippen MR) is 136 cm³/mol. The molecule has 0 N–H and O–H groups in total. The summed E-state index contributed by atoms with van der Waals surface area (Å²) < 4.78 is 39.0. The van der Waals surface area contributed by atoms with Gasteiger partial charge in [-0.25, -0.2) is 8.78 Å². The lowest BCUT2D eigenvalue weighted by Gasteiger charge is -2.02. The first-order chi connectivity index (χ1) is 15.5. The van der Waals surface area contributed by atoms with E-state index in [9.17, 15) is 8.78 Å². The average molecular weight is 628 g/mol. The summed E-state index contributed by atoms with van der Waals surface area (Å²) in [7, 11) is 0. The second kappa shape index (κ2) is 7.96. The molecule has 0 radical (unpaired) electrons. The molecule has 0 unspecified atom stereocenters. The number of halogens is 4. The summed E-state index contributed by atoms with van der Waals surface area (Å²) in [6, 6.07) is 10.9. The van der Waals surface area contributed by atoms with E-state index in [-0.39, 0.29) is 11.6 Å². The van der Waals surface area contributed by atoms with Gasteiger partial charge in [-0.05, 0) is 91.3 Å². The standard InChI is InChI=1S/C20H6Br2F2N4S4/c21-15-9(23)5-7(17-19(15)31-27-25-17)11-1-3-13(29-11)14-4-2-12(30-14)8-6-10(24)16(22)20-18(8)26-28-32-20/h1-6H. The van der Waals surface area contributed by atoms with Gasteiger partial charge >= 0.3 is 0 Å². The van der Waals surface area contributed by atoms with Crippen LogP contribution in [0.3, 0.4) is 0 Å². The van der Waals surface area contributed by atoms with E-state index in [2.05, 4.69) is 51.0 Å². The number of nitrogens with zero attached hydrogens (tertiary/aromatic N) is 4. The Kier molecular flexibility index (Phi) is 5.19. The number of aromatic nitrogens is 4. The van der Waals surface area contributed by atoms with E-state index in [0.29, 0.717) is 40.5 Å². The van der Waals surface area contributed by atoms with Gasteiger partial charge in [0.2, 0.25) is 0 Å². The highest BCUT2D eigenvalue weighted by Crippen LogP contribution is 2.45. The van der Waals surface area contributed by atoms with E-state index in [1.165, 1.54) is 12.1 Å². The molecule has 0 bridgehead atoms. The molecular weight excluding hydrogens is 622 g/mol. The Morgan fingerprint density at radius 2 is 1.03 bits per heavy atom. The Morgan fingerprint density at radius 3 is 1.47 bits per heavy atom. The Morgan fingerprint density at radius 1 is 0.625 bits per heavy atom. The minimum absolute atomic E-state index is 0.343. The fraction of sp³-hybridized carbons (Fsp3) is 0. The predicted octanol–water partition coefficient (Wildman–Crippen LogP) is 8.62. The molecule has 158 valence electrons. The molecule has 6 aromatic rings. The molecule has 0 atom stereocenters. The third-order valence-electron chi connectivity index (χ3n) is 4.83. The number of rotatable bonds is 3. The molecule has 4 nitrogen and oxygen atoms in total. The largest absolute Gasteiger partial charge is 0.206 e. The van der Waals surface area contributed by atoms with Crippen molar-refractivity contribution in [1.82, 2.24) is 19.2 Å². The molecule has 12 heteroatoms. The second-order valence-electron chi connectivity index (χ2n) is 6.67. The van der Waals surface area contributed by atoms with E-state index in [1.807, 2.05) is 24.3 Å². The summed E-state index contributed by atoms with van der Waals surface area (Å²) in [5.74, 6) is -0.685. The zero-order valence-electron chi connectivity index (χ0n) is 15.4. The molecule has 6 rings (SSSR count). The summed E-state index contributed by atoms with van der Waals surface area (Å²) in [6.07, 6.45) is 0. The van der Waals surface area contributed by atoms with Crippen molar-refractivity contribution in [2.75, 3.05) is 0 Å². The Hall–Kier alpha value is -1.70. The first-order valence-corrected chi connectivity index (χ1v) is 13.7. The molecule has 32 heavy (non-hydrogen) atoms. The summed E-state index contributed by atoms with van der Waals surface area (Å²) in [4.78, 5) is 3.86. The van der Waals surface area contributed by atoms with E-state index in [0.717, 1.165) is 42.6 Å². The number of hydrogen-bond donors (Lipinski definition) is 0. The average Bonchev–Trinajstić information content (AvgIpc) is 3.59. The smallest absolute Gasteiger partial charge is 0.139 e. The molecule has 0 aliphatic heterocycles. The second-order valence-corrected chi connectivity index (χ2v) is 11.9. The van der Waals surface area contributed by atoms with E-state index in [4.69, 9.17) is 0 Å². The first-order valence-electron chi connectivity index (χ1n) is 8.92. The first kappa shape index (κ1) is 20.9. The van der Waals surface area contributed by atoms with Gasteiger partial charge in [0.15, 0.2) is 0 Å². The van der Waals surface area contributed by atoms with Crippen LogP contribution >= 0.6 is 77.6 Å². The van der Waals surface area contributed by atoms with Crippen molar-refractivity contribution in [3.05, 3.63) is 57.0 Å². The third kappa shape index (κ3) is 3.27. The molecule has 0 saturated carbocycles. The maximum atomic E-state index is 14.4. The summed E-state index contributed by atoms with van der Waals surface area (Å²) in [6.45, 7) is 0. The van der Waals surface area contributed by atoms with Gasteiger partial charge in [-0.2, -0.15) is 0 Å². The van der Waals surface area contributed by atoms with E-state index in [1.54, 1.807) is 22.7 Å². The molecule has 4 heterocycles. The van der Waals surface area contributed by atoms with Crippen LogP contribution in [0, 0.1) is 11.6 Å². The summed E-state index contributed by atoms with van der Waals surface area (Å²) in [5.41, 5.74) is 2.78. The minimum atomic E-state index is -0.343. The Bertz CT molecular complexity index is 1530. The van der Waals surface area contributed by atoms with Crippen molar-refractivity contribution in [2.45, 2.75) is 0 Å². The number of benzene rings is 2. The van der Waals surface area contributed by atoms with Crippen LogP contribution in [0.4, 0.5) is 8.78 Å². The van der Waals surface area contributed by atoms with Crippen molar-refractivity contribution in [2.24, 2.45) is 0 Å². The van der Waals surface area contributed by atoms with E-state index >= 15 is 0 Å². The van der Waals surface area contributed by atoms with Crippen LogP contribution in [-0.2, 0) is 0 Å². The number of hydrogen-bond acceptors (Lipinski definition) is 8. The zero-order valence-corrected chi connectivity index (χ0v) is 21.8. The van der Waals surface area contributed by atoms with Crippen LogP contribution in [0.15, 0.2) is 45.3 Å². The highest BCUT2D eigenvalue weighted by molar-refractivity contribution is 9.11. The van der Waals surface area contributed by atoms with Gasteiger partial charge < -0.3 is 0 Å². The monoisotopic (exact) mass is 626 g/mol. The van der Waals surface area contributed by atoms with Crippen LogP contribution in [0.1, 0.15) is 0 Å². The van der Waals surface area contributed by atoms with Gasteiger partial charge in [-0.15, -0.1) is 32.9 Å². The Labute approximate surface area is 212 Å². The van der Waals surface area contributed by atoms with Gasteiger partial charge in [0.25, 0.3) is 0 Å². The lowest BCUT2D eigenvalue weighted by Crippen LogP contribution is -1.83. The lowest BCUT2D eigenvalue weighted by atomic mass is 10.1. The van der Waals surface area contributed by atoms with Crippen molar-refractivity contribution in [3.63, 3.8) is 0 Å². The number of thiophene rings is 2. The highest BCUT2D eigenvalue weighted by Gasteiger charge is 2.19. The minimum Gasteiger partial charge on any atom is -0.206 e. The molecule has 0 spiro atoms. The fourth-order valence-electron chi connectivity index (χ4n) is 3.36. The van der Waals surface area contributed by atoms with Crippen molar-refractivity contribution >= 4 is 98.0 Å². The summed E-state index contributed by atoms with van der Waals surface area (Å²) in [5, 5.41) is 8.38. The molecular formula is C20H6Br2F2N4S4. The van der Waals surface area contributed by atoms with Crippen LogP contribution in [-0.4, -0.2) is 19.2 Å².